The van der Waals surface area contributed by atoms with Crippen LogP contribution >= 0.6 is 0 Å². The number of esters is 1. The Hall–Kier alpha value is -1.43. The van der Waals surface area contributed by atoms with Crippen molar-refractivity contribution in [2.45, 2.75) is 70.1 Å². The van der Waals surface area contributed by atoms with E-state index < -0.39 is 5.60 Å². The average molecular weight is 292 g/mol. The van der Waals surface area contributed by atoms with Crippen molar-refractivity contribution in [3.05, 3.63) is 11.9 Å². The van der Waals surface area contributed by atoms with E-state index in [2.05, 4.69) is 10.3 Å². The normalized spacial score (nSPS) is 29.6. The maximum Gasteiger partial charge on any atom is 0.309 e. The molecule has 1 aromatic rings. The van der Waals surface area contributed by atoms with Gasteiger partial charge in [0.1, 0.15) is 5.60 Å². The topological polar surface area (TPSA) is 83.0 Å². The van der Waals surface area contributed by atoms with Crippen LogP contribution in [0.25, 0.3) is 0 Å². The molecule has 2 aliphatic rings. The summed E-state index contributed by atoms with van der Waals surface area (Å²) in [4.78, 5) is 12.2. The number of nitrogens with zero attached hydrogens (tertiary/aromatic N) is 3. The van der Waals surface area contributed by atoms with Crippen LogP contribution in [-0.4, -0.2) is 32.6 Å². The SMILES string of the molecule is CC(C)(C)OC(=O)C1C[C@@H](N)[C@@H](n2cc(C3CC3)nn2)C1. The molecule has 0 spiro atoms. The Morgan fingerprint density at radius 1 is 1.38 bits per heavy atom. The maximum atomic E-state index is 12.2. The first-order chi connectivity index (χ1) is 9.83. The molecule has 3 rings (SSSR count). The monoisotopic (exact) mass is 292 g/mol. The maximum absolute atomic E-state index is 12.2. The molecule has 6 nitrogen and oxygen atoms in total. The van der Waals surface area contributed by atoms with E-state index in [9.17, 15) is 4.79 Å². The van der Waals surface area contributed by atoms with Crippen LogP contribution in [0.4, 0.5) is 0 Å². The minimum Gasteiger partial charge on any atom is -0.460 e. The van der Waals surface area contributed by atoms with Gasteiger partial charge >= 0.3 is 5.97 Å². The van der Waals surface area contributed by atoms with Gasteiger partial charge in [-0.1, -0.05) is 5.21 Å². The van der Waals surface area contributed by atoms with E-state index in [0.29, 0.717) is 18.8 Å². The Bertz CT molecular complexity index is 530. The lowest BCUT2D eigenvalue weighted by Crippen LogP contribution is -2.29. The molecular formula is C15H24N4O2. The van der Waals surface area contributed by atoms with Gasteiger partial charge in [-0.15, -0.1) is 5.10 Å². The van der Waals surface area contributed by atoms with Crippen LogP contribution in [0.1, 0.15) is 64.1 Å². The summed E-state index contributed by atoms with van der Waals surface area (Å²) >= 11 is 0. The molecule has 1 unspecified atom stereocenters. The van der Waals surface area contributed by atoms with Gasteiger partial charge in [0, 0.05) is 18.2 Å². The number of rotatable bonds is 3. The van der Waals surface area contributed by atoms with Crippen molar-refractivity contribution in [3.8, 4) is 0 Å². The number of hydrogen-bond acceptors (Lipinski definition) is 5. The van der Waals surface area contributed by atoms with Crippen molar-refractivity contribution in [2.75, 3.05) is 0 Å². The van der Waals surface area contributed by atoms with Gasteiger partial charge < -0.3 is 10.5 Å². The Balaban J connectivity index is 1.66. The Morgan fingerprint density at radius 3 is 2.71 bits per heavy atom. The standard InChI is InChI=1S/C15H24N4O2/c1-15(2,3)21-14(20)10-6-11(16)13(7-10)19-8-12(17-18-19)9-4-5-9/h8-11,13H,4-7,16H2,1-3H3/t10?,11-,13+/m1/s1. The van der Waals surface area contributed by atoms with Gasteiger partial charge in [-0.2, -0.15) is 0 Å². The molecule has 116 valence electrons. The van der Waals surface area contributed by atoms with Crippen molar-refractivity contribution in [2.24, 2.45) is 11.7 Å². The molecule has 1 heterocycles. The summed E-state index contributed by atoms with van der Waals surface area (Å²) < 4.78 is 7.32. The van der Waals surface area contributed by atoms with E-state index in [4.69, 9.17) is 10.5 Å². The molecule has 6 heteroatoms. The van der Waals surface area contributed by atoms with Gasteiger partial charge in [0.05, 0.1) is 17.7 Å². The van der Waals surface area contributed by atoms with Crippen LogP contribution in [0.5, 0.6) is 0 Å². The van der Waals surface area contributed by atoms with Crippen LogP contribution in [0.15, 0.2) is 6.20 Å². The van der Waals surface area contributed by atoms with E-state index in [1.165, 1.54) is 12.8 Å². The molecule has 0 saturated heterocycles. The quantitative estimate of drug-likeness (QED) is 0.859. The molecule has 3 atom stereocenters. The molecule has 0 bridgehead atoms. The molecule has 0 aliphatic heterocycles. The van der Waals surface area contributed by atoms with Gasteiger partial charge in [0.15, 0.2) is 0 Å². The Labute approximate surface area is 125 Å². The Morgan fingerprint density at radius 2 is 2.10 bits per heavy atom. The lowest BCUT2D eigenvalue weighted by atomic mass is 10.1. The lowest BCUT2D eigenvalue weighted by molar-refractivity contribution is -0.159. The van der Waals surface area contributed by atoms with E-state index in [0.717, 1.165) is 5.69 Å². The first-order valence-corrected chi connectivity index (χ1v) is 7.73. The minimum atomic E-state index is -0.453. The summed E-state index contributed by atoms with van der Waals surface area (Å²) in [5.41, 5.74) is 6.81. The summed E-state index contributed by atoms with van der Waals surface area (Å²) in [5, 5.41) is 8.44. The van der Waals surface area contributed by atoms with Crippen molar-refractivity contribution in [3.63, 3.8) is 0 Å². The van der Waals surface area contributed by atoms with Crippen molar-refractivity contribution in [1.82, 2.24) is 15.0 Å². The third kappa shape index (κ3) is 3.26. The first kappa shape index (κ1) is 14.5. The fourth-order valence-electron chi connectivity index (χ4n) is 2.95. The molecule has 2 fully saturated rings. The second-order valence-corrected chi connectivity index (χ2v) is 7.33. The van der Waals surface area contributed by atoms with Crippen LogP contribution in [-0.2, 0) is 9.53 Å². The second-order valence-electron chi connectivity index (χ2n) is 7.33. The van der Waals surface area contributed by atoms with E-state index in [1.54, 1.807) is 0 Å². The number of carbonyl (C=O) groups excluding carboxylic acids is 1. The summed E-state index contributed by atoms with van der Waals surface area (Å²) in [6.07, 6.45) is 5.74. The van der Waals surface area contributed by atoms with Crippen LogP contribution in [0.3, 0.4) is 0 Å². The van der Waals surface area contributed by atoms with E-state index in [-0.39, 0.29) is 24.0 Å². The summed E-state index contributed by atoms with van der Waals surface area (Å²) in [6.45, 7) is 5.66. The van der Waals surface area contributed by atoms with Gasteiger partial charge in [0.25, 0.3) is 0 Å². The van der Waals surface area contributed by atoms with Crippen molar-refractivity contribution >= 4 is 5.97 Å². The summed E-state index contributed by atoms with van der Waals surface area (Å²) in [5.74, 6) is 0.291. The van der Waals surface area contributed by atoms with Gasteiger partial charge in [-0.25, -0.2) is 4.68 Å². The minimum absolute atomic E-state index is 0.0440. The number of nitrogens with two attached hydrogens (primary N) is 1. The zero-order valence-electron chi connectivity index (χ0n) is 13.0. The lowest BCUT2D eigenvalue weighted by Gasteiger charge is -2.22. The molecule has 2 saturated carbocycles. The van der Waals surface area contributed by atoms with Crippen LogP contribution < -0.4 is 5.73 Å². The fourth-order valence-corrected chi connectivity index (χ4v) is 2.95. The molecule has 21 heavy (non-hydrogen) atoms. The van der Waals surface area contributed by atoms with Gasteiger partial charge in [0.2, 0.25) is 0 Å². The smallest absolute Gasteiger partial charge is 0.309 e. The average Bonchev–Trinajstić information content (AvgIpc) is 2.96. The van der Waals surface area contributed by atoms with E-state index in [1.807, 2.05) is 31.6 Å². The van der Waals surface area contributed by atoms with Gasteiger partial charge in [-0.3, -0.25) is 4.79 Å². The first-order valence-electron chi connectivity index (χ1n) is 7.73. The fraction of sp³-hybridized carbons (Fsp3) is 0.800. The van der Waals surface area contributed by atoms with E-state index >= 15 is 0 Å². The molecular weight excluding hydrogens is 268 g/mol. The zero-order chi connectivity index (χ0) is 15.2. The second kappa shape index (κ2) is 5.09. The highest BCUT2D eigenvalue weighted by molar-refractivity contribution is 5.73. The highest BCUT2D eigenvalue weighted by Crippen LogP contribution is 2.40. The summed E-state index contributed by atoms with van der Waals surface area (Å²) in [7, 11) is 0. The molecule has 2 aliphatic carbocycles. The van der Waals surface area contributed by atoms with Crippen molar-refractivity contribution in [1.29, 1.82) is 0 Å². The largest absolute Gasteiger partial charge is 0.460 e. The highest BCUT2D eigenvalue weighted by Gasteiger charge is 2.40. The molecule has 1 aromatic heterocycles. The number of ether oxygens (including phenoxy) is 1. The predicted molar refractivity (Wildman–Crippen MR) is 77.6 cm³/mol. The summed E-state index contributed by atoms with van der Waals surface area (Å²) in [6, 6.07) is -0.0289. The van der Waals surface area contributed by atoms with Crippen LogP contribution in [0.2, 0.25) is 0 Å². The third-order valence-corrected chi connectivity index (χ3v) is 4.18. The zero-order valence-corrected chi connectivity index (χ0v) is 13.0. The predicted octanol–water partition coefficient (Wildman–Crippen LogP) is 1.78. The van der Waals surface area contributed by atoms with Crippen LogP contribution in [0, 0.1) is 5.92 Å². The van der Waals surface area contributed by atoms with Crippen molar-refractivity contribution < 1.29 is 9.53 Å². The molecule has 0 aromatic carbocycles. The number of aromatic nitrogens is 3. The third-order valence-electron chi connectivity index (χ3n) is 4.18. The molecule has 0 radical (unpaired) electrons. The molecule has 2 N–H and O–H groups in total. The Kier molecular flexibility index (Phi) is 3.51. The number of hydrogen-bond donors (Lipinski definition) is 1. The van der Waals surface area contributed by atoms with Gasteiger partial charge in [-0.05, 0) is 46.5 Å². The number of carbonyl (C=O) groups is 1. The highest BCUT2D eigenvalue weighted by atomic mass is 16.6. The molecule has 0 amide bonds.